The van der Waals surface area contributed by atoms with Crippen molar-refractivity contribution in [3.63, 3.8) is 0 Å². The summed E-state index contributed by atoms with van der Waals surface area (Å²) in [6.07, 6.45) is 0. The molecule has 2 aromatic rings. The van der Waals surface area contributed by atoms with E-state index in [0.717, 1.165) is 4.70 Å². The molecule has 1 heterocycles. The Morgan fingerprint density at radius 1 is 1.31 bits per heavy atom. The molecule has 0 amide bonds. The molecule has 0 spiro atoms. The molecule has 1 aromatic heterocycles. The van der Waals surface area contributed by atoms with Crippen molar-refractivity contribution < 1.29 is 8.78 Å². The second kappa shape index (κ2) is 3.35. The molecule has 2 rings (SSSR count). The second-order valence-electron chi connectivity index (χ2n) is 2.63. The van der Waals surface area contributed by atoms with Crippen LogP contribution in [0.3, 0.4) is 0 Å². The van der Waals surface area contributed by atoms with E-state index in [1.165, 1.54) is 11.3 Å². The van der Waals surface area contributed by atoms with E-state index in [1.54, 1.807) is 17.5 Å². The first kappa shape index (κ1) is 9.09. The van der Waals surface area contributed by atoms with Crippen LogP contribution in [0.1, 0.15) is 5.56 Å². The quantitative estimate of drug-likeness (QED) is 0.680. The van der Waals surface area contributed by atoms with Crippen LogP contribution in [-0.2, 0) is 5.33 Å². The Labute approximate surface area is 86.3 Å². The van der Waals surface area contributed by atoms with Gasteiger partial charge in [-0.2, -0.15) is 0 Å². The fraction of sp³-hybridized carbons (Fsp3) is 0.111. The predicted octanol–water partition coefficient (Wildman–Crippen LogP) is 4.07. The number of thiophene rings is 1. The molecule has 13 heavy (non-hydrogen) atoms. The van der Waals surface area contributed by atoms with E-state index in [-0.39, 0.29) is 0 Å². The number of alkyl halides is 1. The fourth-order valence-corrected chi connectivity index (χ4v) is 2.45. The van der Waals surface area contributed by atoms with Gasteiger partial charge in [-0.15, -0.1) is 11.3 Å². The average molecular weight is 263 g/mol. The molecule has 0 radical (unpaired) electrons. The van der Waals surface area contributed by atoms with Gasteiger partial charge in [0.1, 0.15) is 0 Å². The van der Waals surface area contributed by atoms with Crippen LogP contribution in [0.15, 0.2) is 17.5 Å². The lowest BCUT2D eigenvalue weighted by Gasteiger charge is -2.00. The lowest BCUT2D eigenvalue weighted by molar-refractivity contribution is 0.511. The van der Waals surface area contributed by atoms with Gasteiger partial charge in [-0.1, -0.05) is 15.9 Å². The first-order valence-electron chi connectivity index (χ1n) is 3.64. The Morgan fingerprint density at radius 2 is 2.08 bits per heavy atom. The molecule has 1 aromatic carbocycles. The van der Waals surface area contributed by atoms with Crippen molar-refractivity contribution in [1.29, 1.82) is 0 Å². The third-order valence-electron chi connectivity index (χ3n) is 1.86. The first-order valence-corrected chi connectivity index (χ1v) is 5.64. The van der Waals surface area contributed by atoms with E-state index in [9.17, 15) is 8.78 Å². The lowest BCUT2D eigenvalue weighted by atomic mass is 10.2. The summed E-state index contributed by atoms with van der Waals surface area (Å²) in [5.74, 6) is -1.49. The highest BCUT2D eigenvalue weighted by Crippen LogP contribution is 2.28. The Kier molecular flexibility index (Phi) is 2.34. The minimum Gasteiger partial charge on any atom is -0.203 e. The number of fused-ring (bicyclic) bond motifs is 1. The molecule has 68 valence electrons. The van der Waals surface area contributed by atoms with Crippen LogP contribution in [0.5, 0.6) is 0 Å². The van der Waals surface area contributed by atoms with Crippen LogP contribution >= 0.6 is 27.3 Å². The summed E-state index contributed by atoms with van der Waals surface area (Å²) in [6.45, 7) is 0. The standard InChI is InChI=1S/C9H5BrF2S/c10-4-5-3-7-6(1-2-13-7)9(12)8(5)11/h1-3H,4H2. The van der Waals surface area contributed by atoms with Gasteiger partial charge in [-0.05, 0) is 17.5 Å². The maximum atomic E-state index is 13.3. The SMILES string of the molecule is Fc1c(CBr)cc2sccc2c1F. The first-order chi connectivity index (χ1) is 6.24. The zero-order valence-electron chi connectivity index (χ0n) is 6.48. The molecule has 0 fully saturated rings. The third-order valence-corrected chi connectivity index (χ3v) is 3.32. The van der Waals surface area contributed by atoms with Gasteiger partial charge in [0.05, 0.1) is 0 Å². The molecule has 0 bridgehead atoms. The topological polar surface area (TPSA) is 0 Å². The van der Waals surface area contributed by atoms with Crippen molar-refractivity contribution in [2.45, 2.75) is 5.33 Å². The molecule has 0 unspecified atom stereocenters. The Balaban J connectivity index is 2.83. The van der Waals surface area contributed by atoms with Crippen LogP contribution in [0, 0.1) is 11.6 Å². The summed E-state index contributed by atoms with van der Waals surface area (Å²) < 4.78 is 27.3. The van der Waals surface area contributed by atoms with Crippen LogP contribution in [0.2, 0.25) is 0 Å². The van der Waals surface area contributed by atoms with Gasteiger partial charge in [-0.3, -0.25) is 0 Å². The zero-order chi connectivity index (χ0) is 9.42. The highest BCUT2D eigenvalue weighted by atomic mass is 79.9. The summed E-state index contributed by atoms with van der Waals surface area (Å²) in [5.41, 5.74) is 0.368. The monoisotopic (exact) mass is 262 g/mol. The van der Waals surface area contributed by atoms with Gasteiger partial charge in [0, 0.05) is 21.0 Å². The molecule has 0 N–H and O–H groups in total. The van der Waals surface area contributed by atoms with E-state index in [0.29, 0.717) is 16.3 Å². The minimum absolute atomic E-state index is 0.337. The van der Waals surface area contributed by atoms with Crippen LogP contribution in [0.25, 0.3) is 10.1 Å². The molecular formula is C9H5BrF2S. The molecule has 0 saturated heterocycles. The van der Waals surface area contributed by atoms with Crippen molar-refractivity contribution in [3.05, 3.63) is 34.7 Å². The van der Waals surface area contributed by atoms with Crippen LogP contribution in [-0.4, -0.2) is 0 Å². The highest BCUT2D eigenvalue weighted by molar-refractivity contribution is 9.08. The van der Waals surface area contributed by atoms with Crippen molar-refractivity contribution in [2.24, 2.45) is 0 Å². The molecule has 0 aliphatic rings. The van der Waals surface area contributed by atoms with Gasteiger partial charge < -0.3 is 0 Å². The smallest absolute Gasteiger partial charge is 0.167 e. The van der Waals surface area contributed by atoms with Crippen molar-refractivity contribution in [1.82, 2.24) is 0 Å². The van der Waals surface area contributed by atoms with Crippen molar-refractivity contribution >= 4 is 37.4 Å². The van der Waals surface area contributed by atoms with E-state index in [1.807, 2.05) is 0 Å². The summed E-state index contributed by atoms with van der Waals surface area (Å²) in [5, 5.41) is 2.46. The summed E-state index contributed by atoms with van der Waals surface area (Å²) in [6, 6.07) is 3.27. The molecule has 0 saturated carbocycles. The van der Waals surface area contributed by atoms with Crippen LogP contribution in [0.4, 0.5) is 8.78 Å². The second-order valence-corrected chi connectivity index (χ2v) is 4.14. The zero-order valence-corrected chi connectivity index (χ0v) is 8.88. The molecule has 4 heteroatoms. The number of benzene rings is 1. The molecule has 0 nitrogen and oxygen atoms in total. The number of halogens is 3. The van der Waals surface area contributed by atoms with Gasteiger partial charge in [-0.25, -0.2) is 8.78 Å². The normalized spacial score (nSPS) is 11.0. The van der Waals surface area contributed by atoms with Crippen LogP contribution < -0.4 is 0 Å². The summed E-state index contributed by atoms with van der Waals surface area (Å²) in [4.78, 5) is 0. The van der Waals surface area contributed by atoms with Gasteiger partial charge in [0.2, 0.25) is 0 Å². The van der Waals surface area contributed by atoms with Crippen molar-refractivity contribution in [2.75, 3.05) is 0 Å². The highest BCUT2D eigenvalue weighted by Gasteiger charge is 2.12. The van der Waals surface area contributed by atoms with Gasteiger partial charge >= 0.3 is 0 Å². The molecule has 0 atom stereocenters. The molecular weight excluding hydrogens is 258 g/mol. The largest absolute Gasteiger partial charge is 0.203 e. The predicted molar refractivity (Wildman–Crippen MR) is 54.4 cm³/mol. The van der Waals surface area contributed by atoms with Crippen molar-refractivity contribution in [3.8, 4) is 0 Å². The lowest BCUT2D eigenvalue weighted by Crippen LogP contribution is -1.91. The third kappa shape index (κ3) is 1.38. The average Bonchev–Trinajstić information content (AvgIpc) is 2.59. The maximum absolute atomic E-state index is 13.3. The Hall–Kier alpha value is -0.480. The molecule has 0 aliphatic heterocycles. The van der Waals surface area contributed by atoms with E-state index in [4.69, 9.17) is 0 Å². The number of hydrogen-bond acceptors (Lipinski definition) is 1. The van der Waals surface area contributed by atoms with E-state index < -0.39 is 11.6 Å². The molecule has 0 aliphatic carbocycles. The minimum atomic E-state index is -0.747. The Bertz CT molecular complexity index is 450. The van der Waals surface area contributed by atoms with Gasteiger partial charge in [0.15, 0.2) is 11.6 Å². The van der Waals surface area contributed by atoms with Gasteiger partial charge in [0.25, 0.3) is 0 Å². The van der Waals surface area contributed by atoms with E-state index >= 15 is 0 Å². The maximum Gasteiger partial charge on any atom is 0.167 e. The van der Waals surface area contributed by atoms with E-state index in [2.05, 4.69) is 15.9 Å². The number of rotatable bonds is 1. The summed E-state index contributed by atoms with van der Waals surface area (Å²) >= 11 is 4.53. The fourth-order valence-electron chi connectivity index (χ4n) is 1.19. The Morgan fingerprint density at radius 3 is 2.77 bits per heavy atom. The summed E-state index contributed by atoms with van der Waals surface area (Å²) in [7, 11) is 0. The number of hydrogen-bond donors (Lipinski definition) is 0.